The zero-order valence-electron chi connectivity index (χ0n) is 15.1. The number of hydrogen-bond donors (Lipinski definition) is 0. The second-order valence-corrected chi connectivity index (χ2v) is 6.93. The number of aryl methyl sites for hydroxylation is 2. The number of rotatable bonds is 6. The molecule has 0 saturated carbocycles. The van der Waals surface area contributed by atoms with Gasteiger partial charge in [-0.2, -0.15) is 10.5 Å². The third-order valence-corrected chi connectivity index (χ3v) is 5.02. The van der Waals surface area contributed by atoms with Crippen LogP contribution in [0.15, 0.2) is 58.5 Å². The van der Waals surface area contributed by atoms with Crippen molar-refractivity contribution in [1.82, 2.24) is 0 Å². The second-order valence-electron chi connectivity index (χ2n) is 6.59. The Kier molecular flexibility index (Phi) is 5.69. The molecule has 0 spiro atoms. The fourth-order valence-electron chi connectivity index (χ4n) is 3.35. The van der Waals surface area contributed by atoms with Gasteiger partial charge in [0, 0.05) is 5.56 Å². The molecule has 0 aromatic heterocycles. The van der Waals surface area contributed by atoms with Gasteiger partial charge >= 0.3 is 0 Å². The molecule has 0 amide bonds. The topological polar surface area (TPSA) is 72.3 Å². The smallest absolute Gasteiger partial charge is 0.220 e. The van der Waals surface area contributed by atoms with Gasteiger partial charge in [0.15, 0.2) is 0 Å². The Morgan fingerprint density at radius 2 is 1.81 bits per heavy atom. The summed E-state index contributed by atoms with van der Waals surface area (Å²) in [6, 6.07) is 19.7. The third-order valence-electron chi connectivity index (χ3n) is 4.85. The highest BCUT2D eigenvalue weighted by molar-refractivity contribution is 6.66. The minimum absolute atomic E-state index is 0.0906. The van der Waals surface area contributed by atoms with Crippen molar-refractivity contribution >= 4 is 22.6 Å². The molecule has 4 nitrogen and oxygen atoms in total. The molecule has 2 aromatic rings. The molecular formula is C22H19ClN4. The van der Waals surface area contributed by atoms with E-state index in [4.69, 9.17) is 16.9 Å². The Balaban J connectivity index is 1.74. The zero-order valence-corrected chi connectivity index (χ0v) is 15.9. The molecule has 3 rings (SSSR count). The monoisotopic (exact) mass is 374 g/mol. The van der Waals surface area contributed by atoms with E-state index in [-0.39, 0.29) is 5.29 Å². The maximum absolute atomic E-state index is 9.91. The fourth-order valence-corrected chi connectivity index (χ4v) is 3.58. The molecule has 0 fully saturated rings. The highest BCUT2D eigenvalue weighted by Crippen LogP contribution is 2.35. The first kappa shape index (κ1) is 18.8. The second kappa shape index (κ2) is 8.16. The maximum Gasteiger partial charge on any atom is 0.220 e. The molecule has 1 unspecified atom stereocenters. The van der Waals surface area contributed by atoms with E-state index in [1.165, 1.54) is 11.1 Å². The predicted molar refractivity (Wildman–Crippen MR) is 108 cm³/mol. The molecule has 1 aliphatic heterocycles. The minimum atomic E-state index is -1.23. The van der Waals surface area contributed by atoms with Crippen molar-refractivity contribution in [3.05, 3.63) is 70.8 Å². The Morgan fingerprint density at radius 1 is 1.04 bits per heavy atom. The quantitative estimate of drug-likeness (QED) is 0.524. The van der Waals surface area contributed by atoms with Crippen molar-refractivity contribution in [2.24, 2.45) is 9.98 Å². The molecule has 27 heavy (non-hydrogen) atoms. The molecule has 2 aromatic carbocycles. The zero-order chi connectivity index (χ0) is 19.3. The highest BCUT2D eigenvalue weighted by Gasteiger charge is 2.41. The van der Waals surface area contributed by atoms with Crippen LogP contribution < -0.4 is 0 Å². The maximum atomic E-state index is 9.91. The van der Waals surface area contributed by atoms with Crippen LogP contribution in [0, 0.1) is 29.6 Å². The summed E-state index contributed by atoms with van der Waals surface area (Å²) in [5.74, 6) is 0. The van der Waals surface area contributed by atoms with Crippen LogP contribution in [-0.4, -0.2) is 11.0 Å². The number of aliphatic imine (C=N–C) groups is 2. The Hall–Kier alpha value is -2.95. The van der Waals surface area contributed by atoms with E-state index in [9.17, 15) is 5.26 Å². The summed E-state index contributed by atoms with van der Waals surface area (Å²) >= 11 is 6.07. The summed E-state index contributed by atoms with van der Waals surface area (Å²) in [6.07, 6.45) is 3.49. The first-order valence-electron chi connectivity index (χ1n) is 8.89. The van der Waals surface area contributed by atoms with Crippen LogP contribution in [0.25, 0.3) is 0 Å². The van der Waals surface area contributed by atoms with Crippen molar-refractivity contribution in [3.63, 3.8) is 0 Å². The van der Waals surface area contributed by atoms with Gasteiger partial charge in [0.1, 0.15) is 6.07 Å². The largest absolute Gasteiger partial charge is 0.224 e. The van der Waals surface area contributed by atoms with Gasteiger partial charge in [-0.15, -0.1) is 0 Å². The lowest BCUT2D eigenvalue weighted by atomic mass is 9.84. The first-order chi connectivity index (χ1) is 13.1. The number of nitrogens with zero attached hydrogens (tertiary/aromatic N) is 4. The first-order valence-corrected chi connectivity index (χ1v) is 9.26. The van der Waals surface area contributed by atoms with Crippen LogP contribution in [0.2, 0.25) is 0 Å². The van der Waals surface area contributed by atoms with Gasteiger partial charge in [-0.05, 0) is 67.5 Å². The average Bonchev–Trinajstić information content (AvgIpc) is 3.03. The van der Waals surface area contributed by atoms with Crippen molar-refractivity contribution in [2.75, 3.05) is 0 Å². The summed E-state index contributed by atoms with van der Waals surface area (Å²) in [5.41, 5.74) is 3.17. The van der Waals surface area contributed by atoms with Gasteiger partial charge in [0.05, 0.1) is 17.3 Å². The summed E-state index contributed by atoms with van der Waals surface area (Å²) in [7, 11) is 0. The molecule has 0 bridgehead atoms. The highest BCUT2D eigenvalue weighted by atomic mass is 35.5. The lowest BCUT2D eigenvalue weighted by Crippen LogP contribution is -2.30. The van der Waals surface area contributed by atoms with Gasteiger partial charge in [-0.25, -0.2) is 9.98 Å². The Bertz CT molecular complexity index is 994. The molecule has 0 saturated heterocycles. The van der Waals surface area contributed by atoms with Crippen molar-refractivity contribution in [3.8, 4) is 12.1 Å². The fraction of sp³-hybridized carbons (Fsp3) is 0.273. The van der Waals surface area contributed by atoms with E-state index in [2.05, 4.69) is 47.2 Å². The summed E-state index contributed by atoms with van der Waals surface area (Å²) in [4.78, 5) is 8.66. The summed E-state index contributed by atoms with van der Waals surface area (Å²) < 4.78 is 0. The number of unbranched alkanes of at least 4 members (excludes halogenated alkanes) is 1. The van der Waals surface area contributed by atoms with Crippen molar-refractivity contribution in [2.45, 2.75) is 38.1 Å². The van der Waals surface area contributed by atoms with Crippen LogP contribution in [0.4, 0.5) is 0 Å². The summed E-state index contributed by atoms with van der Waals surface area (Å²) in [6.45, 7) is 2.12. The van der Waals surface area contributed by atoms with E-state index in [1.54, 1.807) is 24.3 Å². The number of nitriles is 2. The third kappa shape index (κ3) is 3.92. The number of benzene rings is 2. The number of amidine groups is 1. The van der Waals surface area contributed by atoms with E-state index < -0.39 is 5.54 Å². The van der Waals surface area contributed by atoms with E-state index >= 15 is 0 Å². The van der Waals surface area contributed by atoms with Crippen LogP contribution in [0.1, 0.15) is 41.5 Å². The summed E-state index contributed by atoms with van der Waals surface area (Å²) in [5, 5.41) is 19.2. The molecule has 1 aliphatic rings. The predicted octanol–water partition coefficient (Wildman–Crippen LogP) is 5.05. The molecule has 134 valence electrons. The van der Waals surface area contributed by atoms with Gasteiger partial charge in [-0.1, -0.05) is 36.4 Å². The SMILES string of the molecule is Cc1ccccc1CCCCC1=NC(Cl)=NC1(C#N)c1cccc(C#N)c1. The normalized spacial score (nSPS) is 18.4. The molecule has 0 radical (unpaired) electrons. The van der Waals surface area contributed by atoms with E-state index in [0.717, 1.165) is 19.3 Å². The standard InChI is InChI=1S/C22H19ClN4/c1-16-7-2-3-9-18(16)10-4-5-12-20-22(15-25,27-21(23)26-20)19-11-6-8-17(13-19)14-24/h2-3,6-9,11,13H,4-5,10,12H2,1H3. The van der Waals surface area contributed by atoms with Crippen LogP contribution in [-0.2, 0) is 12.0 Å². The molecule has 0 aliphatic carbocycles. The Morgan fingerprint density at radius 3 is 2.56 bits per heavy atom. The van der Waals surface area contributed by atoms with E-state index in [0.29, 0.717) is 23.3 Å². The lowest BCUT2D eigenvalue weighted by Gasteiger charge is -2.21. The van der Waals surface area contributed by atoms with Crippen molar-refractivity contribution < 1.29 is 0 Å². The van der Waals surface area contributed by atoms with Crippen LogP contribution in [0.5, 0.6) is 0 Å². The molecule has 1 heterocycles. The van der Waals surface area contributed by atoms with E-state index in [1.807, 2.05) is 6.07 Å². The number of halogens is 1. The van der Waals surface area contributed by atoms with Gasteiger partial charge < -0.3 is 0 Å². The molecule has 5 heteroatoms. The van der Waals surface area contributed by atoms with Gasteiger partial charge in [0.25, 0.3) is 0 Å². The molecule has 1 atom stereocenters. The lowest BCUT2D eigenvalue weighted by molar-refractivity contribution is 0.717. The van der Waals surface area contributed by atoms with Crippen LogP contribution >= 0.6 is 11.6 Å². The van der Waals surface area contributed by atoms with Gasteiger partial charge in [0.2, 0.25) is 10.8 Å². The number of hydrogen-bond acceptors (Lipinski definition) is 4. The minimum Gasteiger partial charge on any atom is -0.224 e. The Labute approximate surface area is 164 Å². The molecular weight excluding hydrogens is 356 g/mol. The van der Waals surface area contributed by atoms with Crippen LogP contribution in [0.3, 0.4) is 0 Å². The van der Waals surface area contributed by atoms with Crippen molar-refractivity contribution in [1.29, 1.82) is 10.5 Å². The molecule has 0 N–H and O–H groups in total. The van der Waals surface area contributed by atoms with Gasteiger partial charge in [-0.3, -0.25) is 0 Å². The average molecular weight is 375 g/mol.